The van der Waals surface area contributed by atoms with Gasteiger partial charge in [0.15, 0.2) is 5.82 Å². The van der Waals surface area contributed by atoms with Crippen molar-refractivity contribution in [1.29, 1.82) is 5.26 Å². The van der Waals surface area contributed by atoms with Crippen molar-refractivity contribution in [3.05, 3.63) is 70.5 Å². The Bertz CT molecular complexity index is 1120. The van der Waals surface area contributed by atoms with Crippen molar-refractivity contribution < 1.29 is 9.53 Å². The van der Waals surface area contributed by atoms with E-state index in [0.717, 1.165) is 42.9 Å². The third-order valence-electron chi connectivity index (χ3n) is 6.17. The number of piperidine rings is 1. The number of nitrogens with one attached hydrogen (secondary N) is 1. The monoisotopic (exact) mass is 489 g/mol. The van der Waals surface area contributed by atoms with E-state index < -0.39 is 0 Å². The number of carbonyl (C=O) groups excluding carboxylic acids is 1. The minimum absolute atomic E-state index is 0.0535. The van der Waals surface area contributed by atoms with E-state index in [2.05, 4.69) is 21.3 Å². The summed E-state index contributed by atoms with van der Waals surface area (Å²) in [6.07, 6.45) is 2.50. The van der Waals surface area contributed by atoms with Crippen LogP contribution in [0.3, 0.4) is 0 Å². The number of methoxy groups -OCH3 is 1. The van der Waals surface area contributed by atoms with E-state index in [-0.39, 0.29) is 5.91 Å². The lowest BCUT2D eigenvalue weighted by Crippen LogP contribution is -2.38. The first-order valence-electron chi connectivity index (χ1n) is 12.9. The van der Waals surface area contributed by atoms with Crippen molar-refractivity contribution in [2.45, 2.75) is 59.8 Å². The minimum Gasteiger partial charge on any atom is -0.384 e. The molecule has 0 saturated carbocycles. The topological polar surface area (TPSA) is 94.9 Å². The zero-order valence-electron chi connectivity index (χ0n) is 22.5. The number of carbonyl (C=O) groups is 1. The van der Waals surface area contributed by atoms with Gasteiger partial charge >= 0.3 is 0 Å². The maximum atomic E-state index is 13.3. The molecule has 0 unspecified atom stereocenters. The first-order chi connectivity index (χ1) is 17.6. The highest BCUT2D eigenvalue weighted by atomic mass is 16.5. The number of amides is 1. The summed E-state index contributed by atoms with van der Waals surface area (Å²) >= 11 is 0. The quantitative estimate of drug-likeness (QED) is 0.464. The predicted octanol–water partition coefficient (Wildman–Crippen LogP) is 5.91. The summed E-state index contributed by atoms with van der Waals surface area (Å²) in [6.45, 7) is 12.0. The van der Waals surface area contributed by atoms with E-state index in [4.69, 9.17) is 10.00 Å². The first kappa shape index (κ1) is 28.7. The summed E-state index contributed by atoms with van der Waals surface area (Å²) in [4.78, 5) is 19.8. The Labute approximate surface area is 215 Å². The Morgan fingerprint density at radius 3 is 2.39 bits per heavy atom. The molecular weight excluding hydrogens is 450 g/mol. The number of hydrogen-bond acceptors (Lipinski definition) is 5. The number of likely N-dealkylation sites (tertiary alicyclic amines) is 1. The van der Waals surface area contributed by atoms with Crippen LogP contribution in [0, 0.1) is 18.3 Å². The average molecular weight is 490 g/mol. The molecule has 1 saturated heterocycles. The van der Waals surface area contributed by atoms with Gasteiger partial charge in [0.05, 0.1) is 18.2 Å². The maximum absolute atomic E-state index is 13.3. The molecule has 192 valence electrons. The number of aromatic nitrogens is 3. The number of hydrogen-bond donors (Lipinski definition) is 1. The standard InChI is InChI=1S/C25H27N5O2.2C2H6/c1-17-21(24-27-23(28-29-24)12-15-32-2)4-3-5-22(17)25(31)30-13-10-20(11-14-30)19-8-6-18(16-26)7-9-19;2*1-2/h3-9,20H,10-15H2,1-2H3,(H,27,28,29);2*1-2H3. The number of benzene rings is 2. The molecule has 3 aromatic rings. The van der Waals surface area contributed by atoms with Crippen molar-refractivity contribution in [2.75, 3.05) is 26.8 Å². The molecule has 2 aromatic carbocycles. The third-order valence-corrected chi connectivity index (χ3v) is 6.17. The fourth-order valence-corrected chi connectivity index (χ4v) is 4.25. The summed E-state index contributed by atoms with van der Waals surface area (Å²) in [5.74, 6) is 1.83. The van der Waals surface area contributed by atoms with E-state index in [0.29, 0.717) is 35.9 Å². The Kier molecular flexibility index (Phi) is 11.8. The number of ether oxygens (including phenoxy) is 1. The number of rotatable bonds is 6. The molecule has 4 rings (SSSR count). The van der Waals surface area contributed by atoms with Crippen LogP contribution in [-0.2, 0) is 11.2 Å². The van der Waals surface area contributed by atoms with Gasteiger partial charge in [-0.05, 0) is 55.0 Å². The van der Waals surface area contributed by atoms with Crippen LogP contribution in [0.4, 0.5) is 0 Å². The van der Waals surface area contributed by atoms with Gasteiger partial charge < -0.3 is 9.64 Å². The molecule has 1 aliphatic rings. The van der Waals surface area contributed by atoms with Crippen molar-refractivity contribution in [3.8, 4) is 17.5 Å². The zero-order chi connectivity index (χ0) is 26.5. The van der Waals surface area contributed by atoms with Gasteiger partial charge in [-0.1, -0.05) is 52.0 Å². The minimum atomic E-state index is 0.0535. The lowest BCUT2D eigenvalue weighted by Gasteiger charge is -2.32. The molecule has 7 heteroatoms. The van der Waals surface area contributed by atoms with E-state index in [1.807, 2.05) is 82.0 Å². The Morgan fingerprint density at radius 1 is 1.11 bits per heavy atom. The lowest BCUT2D eigenvalue weighted by atomic mass is 9.88. The number of H-pyrrole nitrogens is 1. The maximum Gasteiger partial charge on any atom is 0.254 e. The second-order valence-corrected chi connectivity index (χ2v) is 8.13. The normalized spacial score (nSPS) is 13.1. The molecule has 0 radical (unpaired) electrons. The van der Waals surface area contributed by atoms with E-state index in [9.17, 15) is 4.79 Å². The van der Waals surface area contributed by atoms with E-state index >= 15 is 0 Å². The first-order valence-corrected chi connectivity index (χ1v) is 12.9. The van der Waals surface area contributed by atoms with Gasteiger partial charge in [-0.15, -0.1) is 0 Å². The number of aromatic amines is 1. The Morgan fingerprint density at radius 2 is 1.78 bits per heavy atom. The zero-order valence-corrected chi connectivity index (χ0v) is 22.5. The van der Waals surface area contributed by atoms with Gasteiger partial charge in [0.1, 0.15) is 5.82 Å². The van der Waals surface area contributed by atoms with Crippen LogP contribution >= 0.6 is 0 Å². The lowest BCUT2D eigenvalue weighted by molar-refractivity contribution is 0.0712. The fourth-order valence-electron chi connectivity index (χ4n) is 4.25. The molecule has 7 nitrogen and oxygen atoms in total. The summed E-state index contributed by atoms with van der Waals surface area (Å²) in [7, 11) is 1.66. The van der Waals surface area contributed by atoms with Crippen LogP contribution in [0.25, 0.3) is 11.4 Å². The second-order valence-electron chi connectivity index (χ2n) is 8.13. The number of nitrogens with zero attached hydrogens (tertiary/aromatic N) is 4. The molecule has 1 aromatic heterocycles. The molecule has 1 aliphatic heterocycles. The van der Waals surface area contributed by atoms with Crippen LogP contribution < -0.4 is 0 Å². The Hall–Kier alpha value is -3.50. The molecule has 1 N–H and O–H groups in total. The SMILES string of the molecule is CC.CC.COCCc1nc(-c2cccc(C(=O)N3CCC(c4ccc(C#N)cc4)CC3)c2C)n[nH]1. The molecule has 1 amide bonds. The summed E-state index contributed by atoms with van der Waals surface area (Å²) in [5, 5.41) is 16.3. The van der Waals surface area contributed by atoms with Gasteiger partial charge in [0.2, 0.25) is 0 Å². The molecule has 1 fully saturated rings. The second kappa shape index (κ2) is 14.8. The van der Waals surface area contributed by atoms with Gasteiger partial charge in [0.25, 0.3) is 5.91 Å². The van der Waals surface area contributed by atoms with Crippen LogP contribution in [0.1, 0.15) is 79.3 Å². The fraction of sp³-hybridized carbons (Fsp3) is 0.448. The smallest absolute Gasteiger partial charge is 0.254 e. The molecule has 0 spiro atoms. The van der Waals surface area contributed by atoms with Gasteiger partial charge in [-0.25, -0.2) is 4.98 Å². The van der Waals surface area contributed by atoms with Crippen molar-refractivity contribution in [1.82, 2.24) is 20.1 Å². The number of nitriles is 1. The Balaban J connectivity index is 0.00000109. The average Bonchev–Trinajstić information content (AvgIpc) is 3.43. The van der Waals surface area contributed by atoms with Gasteiger partial charge in [-0.3, -0.25) is 9.89 Å². The van der Waals surface area contributed by atoms with Crippen LogP contribution in [0.2, 0.25) is 0 Å². The summed E-state index contributed by atoms with van der Waals surface area (Å²) in [5.41, 5.74) is 4.37. The molecule has 0 aliphatic carbocycles. The van der Waals surface area contributed by atoms with E-state index in [1.54, 1.807) is 7.11 Å². The highest BCUT2D eigenvalue weighted by molar-refractivity contribution is 5.97. The van der Waals surface area contributed by atoms with Crippen molar-refractivity contribution in [3.63, 3.8) is 0 Å². The van der Waals surface area contributed by atoms with Crippen LogP contribution in [0.15, 0.2) is 42.5 Å². The predicted molar refractivity (Wildman–Crippen MR) is 144 cm³/mol. The van der Waals surface area contributed by atoms with Crippen molar-refractivity contribution in [2.24, 2.45) is 0 Å². The largest absolute Gasteiger partial charge is 0.384 e. The molecule has 36 heavy (non-hydrogen) atoms. The van der Waals surface area contributed by atoms with E-state index in [1.165, 1.54) is 5.56 Å². The summed E-state index contributed by atoms with van der Waals surface area (Å²) in [6, 6.07) is 15.7. The third kappa shape index (κ3) is 7.02. The highest BCUT2D eigenvalue weighted by Gasteiger charge is 2.26. The molecule has 2 heterocycles. The van der Waals surface area contributed by atoms with Gasteiger partial charge in [-0.2, -0.15) is 10.4 Å². The van der Waals surface area contributed by atoms with Gasteiger partial charge in [0, 0.05) is 37.7 Å². The molecular formula is C29H39N5O2. The molecule has 0 bridgehead atoms. The van der Waals surface area contributed by atoms with Crippen molar-refractivity contribution >= 4 is 5.91 Å². The highest BCUT2D eigenvalue weighted by Crippen LogP contribution is 2.30. The summed E-state index contributed by atoms with van der Waals surface area (Å²) < 4.78 is 5.10. The van der Waals surface area contributed by atoms with Crippen LogP contribution in [0.5, 0.6) is 0 Å². The van der Waals surface area contributed by atoms with Crippen LogP contribution in [-0.4, -0.2) is 52.8 Å². The molecule has 0 atom stereocenters.